The van der Waals surface area contributed by atoms with Gasteiger partial charge in [0.15, 0.2) is 0 Å². The van der Waals surface area contributed by atoms with Crippen LogP contribution in [0.2, 0.25) is 0 Å². The summed E-state index contributed by atoms with van der Waals surface area (Å²) in [4.78, 5) is 8.80. The number of rotatable bonds is 3. The first-order chi connectivity index (χ1) is 9.40. The Hall–Kier alpha value is -1.46. The van der Waals surface area contributed by atoms with Gasteiger partial charge in [0.05, 0.1) is 6.61 Å². The number of hydrogen-bond donors (Lipinski definition) is 1. The Morgan fingerprint density at radius 2 is 1.90 bits per heavy atom. The highest BCUT2D eigenvalue weighted by atomic mass is 79.9. The second-order valence-corrected chi connectivity index (χ2v) is 6.28. The summed E-state index contributed by atoms with van der Waals surface area (Å²) in [6.07, 6.45) is 0. The van der Waals surface area contributed by atoms with Gasteiger partial charge >= 0.3 is 0 Å². The first-order valence-electron chi connectivity index (χ1n) is 6.32. The second kappa shape index (κ2) is 5.89. The van der Waals surface area contributed by atoms with E-state index in [1.807, 2.05) is 39.0 Å². The maximum Gasteiger partial charge on any atom is 0.223 e. The summed E-state index contributed by atoms with van der Waals surface area (Å²) in [5, 5.41) is 9.31. The summed E-state index contributed by atoms with van der Waals surface area (Å²) in [6.45, 7) is 6.05. The van der Waals surface area contributed by atoms with Crippen LogP contribution < -0.4 is 4.74 Å². The van der Waals surface area contributed by atoms with E-state index in [2.05, 4.69) is 25.9 Å². The molecule has 0 saturated heterocycles. The fourth-order valence-electron chi connectivity index (χ4n) is 1.63. The normalized spacial score (nSPS) is 11.4. The van der Waals surface area contributed by atoms with Crippen molar-refractivity contribution in [3.05, 3.63) is 46.3 Å². The van der Waals surface area contributed by atoms with Gasteiger partial charge in [0.2, 0.25) is 5.88 Å². The molecule has 0 aliphatic carbocycles. The van der Waals surface area contributed by atoms with E-state index in [-0.39, 0.29) is 12.0 Å². The van der Waals surface area contributed by atoms with E-state index in [1.165, 1.54) is 0 Å². The van der Waals surface area contributed by atoms with Crippen molar-refractivity contribution < 1.29 is 9.84 Å². The van der Waals surface area contributed by atoms with Crippen LogP contribution in [0.1, 0.15) is 32.2 Å². The van der Waals surface area contributed by atoms with Crippen molar-refractivity contribution in [2.45, 2.75) is 32.8 Å². The number of benzene rings is 1. The molecule has 0 fully saturated rings. The van der Waals surface area contributed by atoms with Gasteiger partial charge in [-0.05, 0) is 22.0 Å². The van der Waals surface area contributed by atoms with Gasteiger partial charge in [-0.3, -0.25) is 0 Å². The van der Waals surface area contributed by atoms with E-state index < -0.39 is 0 Å². The minimum absolute atomic E-state index is 0.0748. The molecule has 20 heavy (non-hydrogen) atoms. The van der Waals surface area contributed by atoms with Crippen LogP contribution in [0, 0.1) is 0 Å². The third kappa shape index (κ3) is 3.55. The van der Waals surface area contributed by atoms with Crippen LogP contribution in [0.3, 0.4) is 0 Å². The molecule has 0 bridgehead atoms. The van der Waals surface area contributed by atoms with E-state index in [0.717, 1.165) is 5.56 Å². The number of hydrogen-bond acceptors (Lipinski definition) is 4. The zero-order valence-electron chi connectivity index (χ0n) is 11.7. The molecule has 0 spiro atoms. The van der Waals surface area contributed by atoms with Crippen molar-refractivity contribution in [3.63, 3.8) is 0 Å². The van der Waals surface area contributed by atoms with E-state index >= 15 is 0 Å². The number of halogens is 1. The molecule has 5 heteroatoms. The van der Waals surface area contributed by atoms with Crippen LogP contribution in [0.5, 0.6) is 11.6 Å². The van der Waals surface area contributed by atoms with E-state index in [0.29, 0.717) is 22.1 Å². The van der Waals surface area contributed by atoms with Gasteiger partial charge in [-0.1, -0.05) is 39.0 Å². The first kappa shape index (κ1) is 14.9. The predicted molar refractivity (Wildman–Crippen MR) is 80.9 cm³/mol. The van der Waals surface area contributed by atoms with Gasteiger partial charge < -0.3 is 9.84 Å². The Morgan fingerprint density at radius 1 is 1.20 bits per heavy atom. The van der Waals surface area contributed by atoms with Crippen molar-refractivity contribution in [2.75, 3.05) is 0 Å². The molecule has 1 aromatic carbocycles. The summed E-state index contributed by atoms with van der Waals surface area (Å²) in [5.74, 6) is 1.75. The first-order valence-corrected chi connectivity index (χ1v) is 7.11. The average molecular weight is 337 g/mol. The lowest BCUT2D eigenvalue weighted by Gasteiger charge is -2.18. The third-order valence-corrected chi connectivity index (χ3v) is 3.11. The lowest BCUT2D eigenvalue weighted by atomic mass is 9.96. The molecular weight excluding hydrogens is 320 g/mol. The number of ether oxygens (including phenoxy) is 1. The van der Waals surface area contributed by atoms with Gasteiger partial charge in [0, 0.05) is 17.0 Å². The Morgan fingerprint density at radius 3 is 2.55 bits per heavy atom. The van der Waals surface area contributed by atoms with Crippen molar-refractivity contribution in [2.24, 2.45) is 0 Å². The van der Waals surface area contributed by atoms with Gasteiger partial charge in [0.1, 0.15) is 16.2 Å². The lowest BCUT2D eigenvalue weighted by Crippen LogP contribution is -2.16. The van der Waals surface area contributed by atoms with Crippen LogP contribution in [-0.4, -0.2) is 15.1 Å². The standard InChI is InChI=1S/C15H17BrN2O2/c1-15(2,3)14-17-12(16)8-13(18-14)20-11-7-5-4-6-10(11)9-19/h4-8,19H,9H2,1-3H3. The molecular formula is C15H17BrN2O2. The van der Waals surface area contributed by atoms with Gasteiger partial charge in [-0.2, -0.15) is 4.98 Å². The molecule has 0 radical (unpaired) electrons. The summed E-state index contributed by atoms with van der Waals surface area (Å²) < 4.78 is 6.45. The van der Waals surface area contributed by atoms with E-state index in [4.69, 9.17) is 4.74 Å². The summed E-state index contributed by atoms with van der Waals surface area (Å²) >= 11 is 3.37. The zero-order chi connectivity index (χ0) is 14.8. The zero-order valence-corrected chi connectivity index (χ0v) is 13.3. The van der Waals surface area contributed by atoms with E-state index in [1.54, 1.807) is 12.1 Å². The Bertz CT molecular complexity index is 609. The van der Waals surface area contributed by atoms with Gasteiger partial charge in [0.25, 0.3) is 0 Å². The molecule has 0 amide bonds. The molecule has 106 valence electrons. The second-order valence-electron chi connectivity index (χ2n) is 5.47. The van der Waals surface area contributed by atoms with Gasteiger partial charge in [-0.25, -0.2) is 4.98 Å². The van der Waals surface area contributed by atoms with Gasteiger partial charge in [-0.15, -0.1) is 0 Å². The third-order valence-electron chi connectivity index (χ3n) is 2.70. The number of aliphatic hydroxyl groups excluding tert-OH is 1. The smallest absolute Gasteiger partial charge is 0.223 e. The van der Waals surface area contributed by atoms with Crippen LogP contribution in [0.4, 0.5) is 0 Å². The topological polar surface area (TPSA) is 55.2 Å². The molecule has 2 rings (SSSR count). The molecule has 1 heterocycles. The highest BCUT2D eigenvalue weighted by molar-refractivity contribution is 9.10. The number of para-hydroxylation sites is 1. The van der Waals surface area contributed by atoms with E-state index in [9.17, 15) is 5.11 Å². The van der Waals surface area contributed by atoms with Crippen LogP contribution in [0.25, 0.3) is 0 Å². The molecule has 2 aromatic rings. The molecule has 1 aromatic heterocycles. The molecule has 4 nitrogen and oxygen atoms in total. The lowest BCUT2D eigenvalue weighted by molar-refractivity contribution is 0.276. The molecule has 0 atom stereocenters. The molecule has 0 saturated carbocycles. The summed E-state index contributed by atoms with van der Waals surface area (Å²) in [7, 11) is 0. The summed E-state index contributed by atoms with van der Waals surface area (Å²) in [5.41, 5.74) is 0.554. The van der Waals surface area contributed by atoms with Crippen LogP contribution in [0.15, 0.2) is 34.9 Å². The maximum absolute atomic E-state index is 9.31. The monoisotopic (exact) mass is 336 g/mol. The SMILES string of the molecule is CC(C)(C)c1nc(Br)cc(Oc2ccccc2CO)n1. The van der Waals surface area contributed by atoms with Crippen molar-refractivity contribution >= 4 is 15.9 Å². The number of aliphatic hydroxyl groups is 1. The fraction of sp³-hybridized carbons (Fsp3) is 0.333. The summed E-state index contributed by atoms with van der Waals surface area (Å²) in [6, 6.07) is 9.04. The highest BCUT2D eigenvalue weighted by Crippen LogP contribution is 2.28. The molecule has 1 N–H and O–H groups in total. The van der Waals surface area contributed by atoms with Crippen molar-refractivity contribution in [3.8, 4) is 11.6 Å². The quantitative estimate of drug-likeness (QED) is 0.865. The minimum atomic E-state index is -0.168. The predicted octanol–water partition coefficient (Wildman–Crippen LogP) is 3.82. The minimum Gasteiger partial charge on any atom is -0.438 e. The molecule has 0 aliphatic rings. The average Bonchev–Trinajstić information content (AvgIpc) is 2.37. The Labute approximate surface area is 127 Å². The number of aromatic nitrogens is 2. The highest BCUT2D eigenvalue weighted by Gasteiger charge is 2.19. The van der Waals surface area contributed by atoms with Crippen molar-refractivity contribution in [1.82, 2.24) is 9.97 Å². The number of nitrogens with zero attached hydrogens (tertiary/aromatic N) is 2. The Kier molecular flexibility index (Phi) is 4.40. The molecule has 0 unspecified atom stereocenters. The van der Waals surface area contributed by atoms with Crippen LogP contribution in [-0.2, 0) is 12.0 Å². The molecule has 0 aliphatic heterocycles. The maximum atomic E-state index is 9.31. The Balaban J connectivity index is 2.36. The largest absolute Gasteiger partial charge is 0.438 e. The fourth-order valence-corrected chi connectivity index (χ4v) is 2.00. The van der Waals surface area contributed by atoms with Crippen LogP contribution >= 0.6 is 15.9 Å². The van der Waals surface area contributed by atoms with Crippen molar-refractivity contribution in [1.29, 1.82) is 0 Å².